The van der Waals surface area contributed by atoms with Gasteiger partial charge in [0.05, 0.1) is 26.3 Å². The Hall–Kier alpha value is -3.48. The normalized spacial score (nSPS) is 10.5. The molecule has 0 radical (unpaired) electrons. The Morgan fingerprint density at radius 3 is 2.48 bits per heavy atom. The van der Waals surface area contributed by atoms with Crippen LogP contribution in [0.1, 0.15) is 5.56 Å². The van der Waals surface area contributed by atoms with Crippen LogP contribution in [0.2, 0.25) is 0 Å². The van der Waals surface area contributed by atoms with Gasteiger partial charge in [0, 0.05) is 12.4 Å². The second kappa shape index (κ2) is 7.82. The van der Waals surface area contributed by atoms with Crippen LogP contribution in [0.3, 0.4) is 0 Å². The number of fused-ring (bicyclic) bond motifs is 1. The summed E-state index contributed by atoms with van der Waals surface area (Å²) in [6, 6.07) is 12.3. The predicted octanol–water partition coefficient (Wildman–Crippen LogP) is 3.03. The molecule has 140 valence electrons. The highest BCUT2D eigenvalue weighted by Gasteiger charge is 2.16. The second-order valence-electron chi connectivity index (χ2n) is 5.80. The maximum atomic E-state index is 12.5. The van der Waals surface area contributed by atoms with Crippen LogP contribution < -0.4 is 25.7 Å². The molecule has 1 amide bonds. The van der Waals surface area contributed by atoms with E-state index in [0.29, 0.717) is 28.2 Å². The lowest BCUT2D eigenvalue weighted by molar-refractivity contribution is -0.115. The molecule has 1 aromatic heterocycles. The second-order valence-corrected chi connectivity index (χ2v) is 5.80. The van der Waals surface area contributed by atoms with Gasteiger partial charge in [0.2, 0.25) is 5.91 Å². The first-order chi connectivity index (χ1) is 13.1. The van der Waals surface area contributed by atoms with Crippen molar-refractivity contribution in [3.8, 4) is 11.5 Å². The zero-order chi connectivity index (χ0) is 19.4. The van der Waals surface area contributed by atoms with Gasteiger partial charge in [-0.2, -0.15) is 0 Å². The van der Waals surface area contributed by atoms with Gasteiger partial charge in [0.25, 0.3) is 0 Å². The van der Waals surface area contributed by atoms with Crippen molar-refractivity contribution in [2.45, 2.75) is 6.42 Å². The summed E-state index contributed by atoms with van der Waals surface area (Å²) in [5, 5.41) is 6.34. The molecule has 0 aliphatic carbocycles. The van der Waals surface area contributed by atoms with Crippen molar-refractivity contribution in [2.24, 2.45) is 0 Å². The monoisotopic (exact) mass is 368 g/mol. The molecule has 3 aromatic rings. The smallest absolute Gasteiger partial charge is 0.362 e. The Balaban J connectivity index is 1.88. The molecule has 2 N–H and O–H groups in total. The van der Waals surface area contributed by atoms with Crippen molar-refractivity contribution >= 4 is 28.3 Å². The summed E-state index contributed by atoms with van der Waals surface area (Å²) in [7, 11) is 4.76. The zero-order valence-corrected chi connectivity index (χ0v) is 15.3. The Labute approximate surface area is 155 Å². The summed E-state index contributed by atoms with van der Waals surface area (Å²) >= 11 is 0. The molecule has 0 bridgehead atoms. The molecule has 0 fully saturated rings. The molecule has 0 aliphatic heterocycles. The molecular weight excluding hydrogens is 348 g/mol. The number of methoxy groups -OCH3 is 2. The van der Waals surface area contributed by atoms with Gasteiger partial charge in [-0.15, -0.1) is 0 Å². The first-order valence-corrected chi connectivity index (χ1v) is 8.31. The van der Waals surface area contributed by atoms with Gasteiger partial charge in [0.1, 0.15) is 5.58 Å². The number of rotatable bonds is 6. The molecule has 1 heterocycles. The molecule has 0 atom stereocenters. The van der Waals surface area contributed by atoms with Crippen molar-refractivity contribution in [2.75, 3.05) is 31.9 Å². The maximum absolute atomic E-state index is 12.5. The summed E-state index contributed by atoms with van der Waals surface area (Å²) in [4.78, 5) is 24.8. The van der Waals surface area contributed by atoms with Crippen LogP contribution in [0, 0.1) is 0 Å². The number of para-hydroxylation sites is 1. The number of benzene rings is 2. The number of amides is 1. The summed E-state index contributed by atoms with van der Waals surface area (Å²) in [5.41, 5.74) is 1.16. The van der Waals surface area contributed by atoms with E-state index in [1.807, 2.05) is 12.1 Å². The van der Waals surface area contributed by atoms with Crippen molar-refractivity contribution in [1.82, 2.24) is 0 Å². The lowest BCUT2D eigenvalue weighted by atomic mass is 10.1. The third kappa shape index (κ3) is 3.72. The fourth-order valence-corrected chi connectivity index (χ4v) is 2.88. The van der Waals surface area contributed by atoms with Gasteiger partial charge >= 0.3 is 5.63 Å². The van der Waals surface area contributed by atoms with E-state index in [9.17, 15) is 9.59 Å². The fraction of sp³-hybridized carbons (Fsp3) is 0.200. The quantitative estimate of drug-likeness (QED) is 0.650. The maximum Gasteiger partial charge on any atom is 0.362 e. The molecule has 0 spiro atoms. The summed E-state index contributed by atoms with van der Waals surface area (Å²) in [6.45, 7) is 0. The number of carbonyl (C=O) groups is 1. The number of hydrogen-bond acceptors (Lipinski definition) is 6. The Morgan fingerprint density at radius 1 is 1.04 bits per heavy atom. The highest BCUT2D eigenvalue weighted by atomic mass is 16.5. The van der Waals surface area contributed by atoms with E-state index in [1.54, 1.807) is 44.5 Å². The molecule has 27 heavy (non-hydrogen) atoms. The minimum absolute atomic E-state index is 0.0653. The van der Waals surface area contributed by atoms with Crippen LogP contribution in [0.25, 0.3) is 11.0 Å². The van der Waals surface area contributed by atoms with Crippen LogP contribution in [0.5, 0.6) is 11.5 Å². The minimum Gasteiger partial charge on any atom is -0.493 e. The van der Waals surface area contributed by atoms with Gasteiger partial charge in [-0.05, 0) is 29.8 Å². The van der Waals surface area contributed by atoms with E-state index < -0.39 is 5.63 Å². The molecule has 7 nitrogen and oxygen atoms in total. The highest BCUT2D eigenvalue weighted by Crippen LogP contribution is 2.29. The van der Waals surface area contributed by atoms with Crippen LogP contribution in [0.15, 0.2) is 51.7 Å². The van der Waals surface area contributed by atoms with Crippen molar-refractivity contribution in [3.05, 3.63) is 58.4 Å². The fourth-order valence-electron chi connectivity index (χ4n) is 2.88. The molecule has 0 aliphatic rings. The van der Waals surface area contributed by atoms with E-state index in [2.05, 4.69) is 10.6 Å². The average molecular weight is 368 g/mol. The van der Waals surface area contributed by atoms with Gasteiger partial charge in [-0.25, -0.2) is 4.79 Å². The molecule has 3 rings (SSSR count). The first kappa shape index (κ1) is 18.3. The third-order valence-electron chi connectivity index (χ3n) is 4.14. The summed E-state index contributed by atoms with van der Waals surface area (Å²) in [5.74, 6) is 0.763. The van der Waals surface area contributed by atoms with Gasteiger partial charge in [0.15, 0.2) is 17.2 Å². The van der Waals surface area contributed by atoms with Crippen LogP contribution >= 0.6 is 0 Å². The molecule has 0 saturated heterocycles. The predicted molar refractivity (Wildman–Crippen MR) is 104 cm³/mol. The average Bonchev–Trinajstić information content (AvgIpc) is 2.68. The van der Waals surface area contributed by atoms with Crippen molar-refractivity contribution in [1.29, 1.82) is 0 Å². The lowest BCUT2D eigenvalue weighted by Crippen LogP contribution is -2.21. The van der Waals surface area contributed by atoms with Gasteiger partial charge in [-0.1, -0.05) is 18.2 Å². The Kier molecular flexibility index (Phi) is 5.30. The number of hydrogen-bond donors (Lipinski definition) is 2. The van der Waals surface area contributed by atoms with Crippen molar-refractivity contribution < 1.29 is 18.7 Å². The Bertz CT molecular complexity index is 1040. The van der Waals surface area contributed by atoms with E-state index in [-0.39, 0.29) is 18.0 Å². The van der Waals surface area contributed by atoms with Crippen molar-refractivity contribution in [3.63, 3.8) is 0 Å². The summed E-state index contributed by atoms with van der Waals surface area (Å²) in [6.07, 6.45) is 0.0653. The lowest BCUT2D eigenvalue weighted by Gasteiger charge is -2.12. The standard InChI is InChI=1S/C20H20N2O5/c1-21-18-13-6-4-5-7-14(13)27-20(24)19(18)22-17(23)11-12-8-9-15(25-2)16(10-12)26-3/h4-10,21H,11H2,1-3H3,(H,22,23). The minimum atomic E-state index is -0.612. The topological polar surface area (TPSA) is 89.8 Å². The van der Waals surface area contributed by atoms with E-state index in [0.717, 1.165) is 5.56 Å². The number of anilines is 2. The molecular formula is C20H20N2O5. The van der Waals surface area contributed by atoms with E-state index >= 15 is 0 Å². The van der Waals surface area contributed by atoms with Gasteiger partial charge in [-0.3, -0.25) is 4.79 Å². The number of carbonyl (C=O) groups excluding carboxylic acids is 1. The van der Waals surface area contributed by atoms with E-state index in [4.69, 9.17) is 13.9 Å². The zero-order valence-electron chi connectivity index (χ0n) is 15.3. The highest BCUT2D eigenvalue weighted by molar-refractivity contribution is 6.02. The van der Waals surface area contributed by atoms with Crippen LogP contribution in [-0.2, 0) is 11.2 Å². The number of ether oxygens (including phenoxy) is 2. The van der Waals surface area contributed by atoms with Gasteiger partial charge < -0.3 is 24.5 Å². The molecule has 0 saturated carbocycles. The Morgan fingerprint density at radius 2 is 1.78 bits per heavy atom. The summed E-state index contributed by atoms with van der Waals surface area (Å²) < 4.78 is 15.7. The largest absolute Gasteiger partial charge is 0.493 e. The van der Waals surface area contributed by atoms with Crippen LogP contribution in [0.4, 0.5) is 11.4 Å². The third-order valence-corrected chi connectivity index (χ3v) is 4.14. The SMILES string of the molecule is CNc1c(NC(=O)Cc2ccc(OC)c(OC)c2)c(=O)oc2ccccc12. The first-order valence-electron chi connectivity index (χ1n) is 8.31. The number of nitrogens with one attached hydrogen (secondary N) is 2. The molecule has 0 unspecified atom stereocenters. The molecule has 2 aromatic carbocycles. The van der Waals surface area contributed by atoms with E-state index in [1.165, 1.54) is 7.11 Å². The van der Waals surface area contributed by atoms with Crippen LogP contribution in [-0.4, -0.2) is 27.2 Å². The molecule has 7 heteroatoms.